The molecule has 1 aromatic carbocycles. The van der Waals surface area contributed by atoms with E-state index in [1.807, 2.05) is 0 Å². The van der Waals surface area contributed by atoms with Crippen molar-refractivity contribution in [3.8, 4) is 0 Å². The van der Waals surface area contributed by atoms with Gasteiger partial charge in [0.2, 0.25) is 0 Å². The molecular formula is C13H20N+. The molecule has 0 bridgehead atoms. The molecule has 0 spiro atoms. The molecule has 76 valence electrons. The molecule has 0 radical (unpaired) electrons. The fraction of sp³-hybridized carbons (Fsp3) is 0.538. The molecular weight excluding hydrogens is 170 g/mol. The van der Waals surface area contributed by atoms with Crippen molar-refractivity contribution in [3.05, 3.63) is 29.8 Å². The van der Waals surface area contributed by atoms with Crippen molar-refractivity contribution in [2.75, 3.05) is 19.6 Å². The zero-order valence-electron chi connectivity index (χ0n) is 9.29. The second kappa shape index (κ2) is 3.74. The van der Waals surface area contributed by atoms with Gasteiger partial charge in [-0.3, -0.25) is 4.48 Å². The Morgan fingerprint density at radius 3 is 2.14 bits per heavy atom. The molecule has 14 heavy (non-hydrogen) atoms. The summed E-state index contributed by atoms with van der Waals surface area (Å²) in [6, 6.07) is 9.10. The van der Waals surface area contributed by atoms with Crippen LogP contribution >= 0.6 is 0 Å². The summed E-state index contributed by atoms with van der Waals surface area (Å²) in [6.07, 6.45) is 2.78. The van der Waals surface area contributed by atoms with Gasteiger partial charge in [-0.05, 0) is 26.0 Å². The van der Waals surface area contributed by atoms with Crippen molar-refractivity contribution in [2.45, 2.75) is 26.7 Å². The molecule has 0 saturated carbocycles. The van der Waals surface area contributed by atoms with Crippen molar-refractivity contribution in [3.63, 3.8) is 0 Å². The van der Waals surface area contributed by atoms with Gasteiger partial charge in [-0.2, -0.15) is 0 Å². The fourth-order valence-corrected chi connectivity index (χ4v) is 2.56. The average Bonchev–Trinajstić information content (AvgIpc) is 2.68. The largest absolute Gasteiger partial charge is 0.291 e. The van der Waals surface area contributed by atoms with E-state index in [0.717, 1.165) is 0 Å². The third-order valence-electron chi connectivity index (χ3n) is 3.61. The van der Waals surface area contributed by atoms with E-state index in [0.29, 0.717) is 0 Å². The molecule has 1 aromatic rings. The first-order valence-electron chi connectivity index (χ1n) is 5.70. The first-order valence-corrected chi connectivity index (χ1v) is 5.70. The Morgan fingerprint density at radius 2 is 1.64 bits per heavy atom. The minimum Gasteiger partial charge on any atom is -0.291 e. The minimum absolute atomic E-state index is 1.21. The zero-order valence-corrected chi connectivity index (χ0v) is 9.29. The quantitative estimate of drug-likeness (QED) is 0.629. The van der Waals surface area contributed by atoms with E-state index in [9.17, 15) is 0 Å². The molecule has 1 nitrogen and oxygen atoms in total. The highest BCUT2D eigenvalue weighted by Gasteiger charge is 2.32. The number of likely N-dealkylation sites (tertiary alicyclic amines) is 1. The summed E-state index contributed by atoms with van der Waals surface area (Å²) in [5, 5.41) is 0. The second-order valence-electron chi connectivity index (χ2n) is 4.45. The highest BCUT2D eigenvalue weighted by Crippen LogP contribution is 2.29. The summed E-state index contributed by atoms with van der Waals surface area (Å²) in [7, 11) is 0. The van der Waals surface area contributed by atoms with E-state index in [4.69, 9.17) is 0 Å². The lowest BCUT2D eigenvalue weighted by molar-refractivity contribution is 0.351. The van der Waals surface area contributed by atoms with Crippen LogP contribution in [0.25, 0.3) is 0 Å². The van der Waals surface area contributed by atoms with E-state index in [-0.39, 0.29) is 0 Å². The van der Waals surface area contributed by atoms with Crippen LogP contribution in [0.3, 0.4) is 0 Å². The van der Waals surface area contributed by atoms with Gasteiger partial charge in [-0.15, -0.1) is 0 Å². The van der Waals surface area contributed by atoms with E-state index >= 15 is 0 Å². The van der Waals surface area contributed by atoms with E-state index in [1.165, 1.54) is 48.2 Å². The molecule has 1 aliphatic rings. The summed E-state index contributed by atoms with van der Waals surface area (Å²) >= 11 is 0. The Hall–Kier alpha value is -0.820. The van der Waals surface area contributed by atoms with Crippen LogP contribution in [0.1, 0.15) is 25.3 Å². The number of quaternary nitrogens is 1. The van der Waals surface area contributed by atoms with E-state index in [1.54, 1.807) is 0 Å². The van der Waals surface area contributed by atoms with Crippen molar-refractivity contribution in [1.82, 2.24) is 4.48 Å². The second-order valence-corrected chi connectivity index (χ2v) is 4.45. The minimum atomic E-state index is 1.21. The highest BCUT2D eigenvalue weighted by atomic mass is 15.4. The molecule has 0 aromatic heterocycles. The maximum absolute atomic E-state index is 2.31. The van der Waals surface area contributed by atoms with Gasteiger partial charge in [-0.25, -0.2) is 0 Å². The monoisotopic (exact) mass is 190 g/mol. The summed E-state index contributed by atoms with van der Waals surface area (Å²) < 4.78 is 1.21. The van der Waals surface area contributed by atoms with Crippen LogP contribution in [0.15, 0.2) is 24.3 Å². The SMILES string of the molecule is CC[N+]1(c2ccc(C)cc2)CCCC1. The lowest BCUT2D eigenvalue weighted by atomic mass is 10.2. The van der Waals surface area contributed by atoms with Crippen molar-refractivity contribution in [2.24, 2.45) is 0 Å². The Kier molecular flexibility index (Phi) is 2.60. The van der Waals surface area contributed by atoms with Crippen LogP contribution in [0.2, 0.25) is 0 Å². The predicted octanol–water partition coefficient (Wildman–Crippen LogP) is 3.12. The van der Waals surface area contributed by atoms with Gasteiger partial charge in [0.05, 0.1) is 19.6 Å². The number of nitrogens with zero attached hydrogens (tertiary/aromatic N) is 1. The first-order chi connectivity index (χ1) is 6.77. The molecule has 0 unspecified atom stereocenters. The first kappa shape index (κ1) is 9.72. The normalized spacial score (nSPS) is 19.9. The summed E-state index contributed by atoms with van der Waals surface area (Å²) in [5.41, 5.74) is 2.87. The standard InChI is InChI=1S/C13H20N/c1-3-14(10-4-5-11-14)13-8-6-12(2)7-9-13/h6-9H,3-5,10-11H2,1-2H3/q+1. The van der Waals surface area contributed by atoms with Gasteiger partial charge in [0.25, 0.3) is 0 Å². The maximum atomic E-state index is 2.31. The van der Waals surface area contributed by atoms with Crippen LogP contribution in [0, 0.1) is 6.92 Å². The van der Waals surface area contributed by atoms with Crippen LogP contribution in [-0.2, 0) is 0 Å². The Labute approximate surface area is 86.9 Å². The van der Waals surface area contributed by atoms with Crippen LogP contribution in [0.4, 0.5) is 5.69 Å². The van der Waals surface area contributed by atoms with Gasteiger partial charge in [0, 0.05) is 12.8 Å². The topological polar surface area (TPSA) is 0 Å². The summed E-state index contributed by atoms with van der Waals surface area (Å²) in [5.74, 6) is 0. The Bertz CT molecular complexity index is 294. The zero-order chi connectivity index (χ0) is 10.0. The maximum Gasteiger partial charge on any atom is 0.132 e. The van der Waals surface area contributed by atoms with Crippen molar-refractivity contribution >= 4 is 5.69 Å². The molecule has 1 fully saturated rings. The van der Waals surface area contributed by atoms with Crippen LogP contribution in [-0.4, -0.2) is 19.6 Å². The Balaban J connectivity index is 2.31. The molecule has 1 heteroatoms. The van der Waals surface area contributed by atoms with Gasteiger partial charge < -0.3 is 0 Å². The summed E-state index contributed by atoms with van der Waals surface area (Å²) in [4.78, 5) is 0. The number of benzene rings is 1. The van der Waals surface area contributed by atoms with E-state index < -0.39 is 0 Å². The highest BCUT2D eigenvalue weighted by molar-refractivity contribution is 5.44. The van der Waals surface area contributed by atoms with Crippen LogP contribution < -0.4 is 4.48 Å². The van der Waals surface area contributed by atoms with Crippen molar-refractivity contribution < 1.29 is 0 Å². The fourth-order valence-electron chi connectivity index (χ4n) is 2.56. The van der Waals surface area contributed by atoms with Gasteiger partial charge in [0.1, 0.15) is 5.69 Å². The van der Waals surface area contributed by atoms with Gasteiger partial charge in [0.15, 0.2) is 0 Å². The molecule has 1 aliphatic heterocycles. The number of aryl methyl sites for hydroxylation is 1. The molecule has 0 atom stereocenters. The Morgan fingerprint density at radius 1 is 1.07 bits per heavy atom. The summed E-state index contributed by atoms with van der Waals surface area (Å²) in [6.45, 7) is 8.37. The molecule has 1 saturated heterocycles. The number of hydrogen-bond donors (Lipinski definition) is 0. The molecule has 0 N–H and O–H groups in total. The van der Waals surface area contributed by atoms with E-state index in [2.05, 4.69) is 38.1 Å². The lowest BCUT2D eigenvalue weighted by Crippen LogP contribution is -2.46. The van der Waals surface area contributed by atoms with Gasteiger partial charge in [-0.1, -0.05) is 17.7 Å². The number of rotatable bonds is 2. The van der Waals surface area contributed by atoms with Crippen LogP contribution in [0.5, 0.6) is 0 Å². The number of hydrogen-bond acceptors (Lipinski definition) is 0. The third kappa shape index (κ3) is 1.57. The third-order valence-corrected chi connectivity index (χ3v) is 3.61. The molecule has 1 heterocycles. The smallest absolute Gasteiger partial charge is 0.132 e. The molecule has 0 aliphatic carbocycles. The molecule has 2 rings (SSSR count). The van der Waals surface area contributed by atoms with Gasteiger partial charge >= 0.3 is 0 Å². The molecule has 0 amide bonds. The predicted molar refractivity (Wildman–Crippen MR) is 62.5 cm³/mol. The lowest BCUT2D eigenvalue weighted by Gasteiger charge is -2.32. The average molecular weight is 190 g/mol. The van der Waals surface area contributed by atoms with Crippen molar-refractivity contribution in [1.29, 1.82) is 0 Å².